The van der Waals surface area contributed by atoms with E-state index in [0.717, 1.165) is 41.4 Å². The van der Waals surface area contributed by atoms with Gasteiger partial charge in [0, 0.05) is 22.1 Å². The summed E-state index contributed by atoms with van der Waals surface area (Å²) < 4.78 is 2.91. The maximum absolute atomic E-state index is 9.71. The summed E-state index contributed by atoms with van der Waals surface area (Å²) >= 11 is 3.58. The van der Waals surface area contributed by atoms with E-state index in [2.05, 4.69) is 43.5 Å². The first kappa shape index (κ1) is 16.2. The lowest BCUT2D eigenvalue weighted by Crippen LogP contribution is -2.20. The van der Waals surface area contributed by atoms with Crippen LogP contribution in [-0.4, -0.2) is 31.9 Å². The van der Waals surface area contributed by atoms with Gasteiger partial charge in [-0.15, -0.1) is 5.10 Å². The predicted molar refractivity (Wildman–Crippen MR) is 91.2 cm³/mol. The largest absolute Gasteiger partial charge is 0.393 e. The lowest BCUT2D eigenvalue weighted by molar-refractivity contribution is 0.121. The second kappa shape index (κ2) is 6.85. The van der Waals surface area contributed by atoms with Gasteiger partial charge in [0.05, 0.1) is 30.3 Å². The maximum atomic E-state index is 9.71. The van der Waals surface area contributed by atoms with Crippen molar-refractivity contribution in [2.45, 2.75) is 57.1 Å². The second-order valence-electron chi connectivity index (χ2n) is 6.21. The van der Waals surface area contributed by atoms with Crippen LogP contribution in [0.5, 0.6) is 0 Å². The molecule has 0 saturated heterocycles. The molecule has 1 saturated carbocycles. The minimum atomic E-state index is -0.167. The molecule has 0 amide bonds. The van der Waals surface area contributed by atoms with E-state index in [9.17, 15) is 5.11 Å². The Labute approximate surface area is 143 Å². The zero-order chi connectivity index (χ0) is 16.4. The smallest absolute Gasteiger partial charge is 0.241 e. The summed E-state index contributed by atoms with van der Waals surface area (Å²) in [5.41, 5.74) is 2.08. The quantitative estimate of drug-likeness (QED) is 0.853. The highest BCUT2D eigenvalue weighted by Crippen LogP contribution is 2.36. The molecule has 2 aromatic rings. The molecule has 7 heteroatoms. The minimum Gasteiger partial charge on any atom is -0.393 e. The van der Waals surface area contributed by atoms with Gasteiger partial charge in [-0.05, 0) is 54.6 Å². The van der Waals surface area contributed by atoms with Gasteiger partial charge in [0.25, 0.3) is 0 Å². The van der Waals surface area contributed by atoms with Gasteiger partial charge in [-0.25, -0.2) is 9.50 Å². The fourth-order valence-electron chi connectivity index (χ4n) is 3.11. The summed E-state index contributed by atoms with van der Waals surface area (Å²) in [5.74, 6) is 0.928. The molecule has 2 aromatic heterocycles. The normalized spacial score (nSPS) is 22.7. The fourth-order valence-corrected chi connectivity index (χ4v) is 3.62. The Morgan fingerprint density at radius 1 is 1.48 bits per heavy atom. The first-order valence-electron chi connectivity index (χ1n) is 7.94. The molecule has 1 aliphatic carbocycles. The number of hydrogen-bond acceptors (Lipinski definition) is 5. The number of nitriles is 1. The molecule has 2 heterocycles. The summed E-state index contributed by atoms with van der Waals surface area (Å²) in [7, 11) is 0. The number of nitrogens with zero attached hydrogens (tertiary/aromatic N) is 4. The van der Waals surface area contributed by atoms with Gasteiger partial charge < -0.3 is 10.4 Å². The van der Waals surface area contributed by atoms with Crippen molar-refractivity contribution in [3.8, 4) is 6.07 Å². The zero-order valence-corrected chi connectivity index (χ0v) is 14.6. The Morgan fingerprint density at radius 3 is 2.91 bits per heavy atom. The van der Waals surface area contributed by atoms with Crippen LogP contribution in [0.1, 0.15) is 50.6 Å². The number of fused-ring (bicyclic) bond motifs is 1. The third kappa shape index (κ3) is 3.48. The monoisotopic (exact) mass is 377 g/mol. The highest BCUT2D eigenvalue weighted by atomic mass is 79.9. The first-order valence-corrected chi connectivity index (χ1v) is 8.73. The van der Waals surface area contributed by atoms with Crippen molar-refractivity contribution < 1.29 is 5.11 Å². The molecule has 2 N–H and O–H groups in total. The van der Waals surface area contributed by atoms with Gasteiger partial charge >= 0.3 is 0 Å². The van der Waals surface area contributed by atoms with E-state index in [1.165, 1.54) is 0 Å². The van der Waals surface area contributed by atoms with E-state index in [1.54, 1.807) is 6.20 Å². The van der Waals surface area contributed by atoms with E-state index in [4.69, 9.17) is 5.26 Å². The molecular formula is C16H20BrN5O. The third-order valence-electron chi connectivity index (χ3n) is 4.38. The molecule has 1 fully saturated rings. The number of aliphatic hydroxyl groups excluding tert-OH is 1. The van der Waals surface area contributed by atoms with E-state index < -0.39 is 0 Å². The van der Waals surface area contributed by atoms with Crippen molar-refractivity contribution in [2.75, 3.05) is 5.32 Å². The van der Waals surface area contributed by atoms with Crippen molar-refractivity contribution in [3.05, 3.63) is 22.4 Å². The molecule has 6 nitrogen and oxygen atoms in total. The topological polar surface area (TPSA) is 86.2 Å². The molecule has 1 aliphatic rings. The van der Waals surface area contributed by atoms with Gasteiger partial charge in [0.15, 0.2) is 0 Å². The number of hydrogen-bond donors (Lipinski definition) is 2. The van der Waals surface area contributed by atoms with Crippen molar-refractivity contribution in [1.82, 2.24) is 14.6 Å². The first-order chi connectivity index (χ1) is 11.1. The number of nitrogens with one attached hydrogen (secondary N) is 1. The van der Waals surface area contributed by atoms with Crippen LogP contribution in [0.2, 0.25) is 0 Å². The highest BCUT2D eigenvalue weighted by molar-refractivity contribution is 9.10. The van der Waals surface area contributed by atoms with Crippen LogP contribution in [0, 0.1) is 11.3 Å². The van der Waals surface area contributed by atoms with Crippen molar-refractivity contribution >= 4 is 27.4 Å². The van der Waals surface area contributed by atoms with E-state index in [-0.39, 0.29) is 12.1 Å². The summed E-state index contributed by atoms with van der Waals surface area (Å²) in [4.78, 5) is 4.34. The number of anilines is 1. The number of halogens is 1. The predicted octanol–water partition coefficient (Wildman–Crippen LogP) is 3.22. The second-order valence-corrected chi connectivity index (χ2v) is 7.06. The molecule has 0 radical (unpaired) electrons. The highest BCUT2D eigenvalue weighted by Gasteiger charge is 2.24. The Balaban J connectivity index is 1.90. The van der Waals surface area contributed by atoms with Crippen LogP contribution in [0.25, 0.3) is 5.52 Å². The van der Waals surface area contributed by atoms with Gasteiger partial charge in [-0.1, -0.05) is 0 Å². The Bertz CT molecular complexity index is 730. The lowest BCUT2D eigenvalue weighted by Gasteiger charge is -2.25. The van der Waals surface area contributed by atoms with Gasteiger partial charge in [-0.3, -0.25) is 0 Å². The van der Waals surface area contributed by atoms with Crippen molar-refractivity contribution in [2.24, 2.45) is 0 Å². The molecule has 122 valence electrons. The van der Waals surface area contributed by atoms with E-state index >= 15 is 0 Å². The number of aromatic nitrogens is 3. The van der Waals surface area contributed by atoms with Crippen LogP contribution in [0.15, 0.2) is 16.7 Å². The standard InChI is InChI=1S/C16H20BrN5O/c1-10(6-7-18)20-16-19-9-15-13(17)8-14(22(15)21-16)11-2-4-12(23)5-3-11/h8-12,23H,2-6H2,1H3,(H,20,21)/t10-,11?,12?/m0/s1. The molecule has 0 spiro atoms. The summed E-state index contributed by atoms with van der Waals surface area (Å²) in [6, 6.07) is 4.25. The summed E-state index contributed by atoms with van der Waals surface area (Å²) in [6.45, 7) is 1.94. The maximum Gasteiger partial charge on any atom is 0.241 e. The number of aliphatic hydroxyl groups is 1. The van der Waals surface area contributed by atoms with Crippen LogP contribution in [0.3, 0.4) is 0 Å². The Kier molecular flexibility index (Phi) is 4.83. The van der Waals surface area contributed by atoms with E-state index in [0.29, 0.717) is 18.3 Å². The molecule has 0 unspecified atom stereocenters. The Morgan fingerprint density at radius 2 is 2.22 bits per heavy atom. The fraction of sp³-hybridized carbons (Fsp3) is 0.562. The molecular weight excluding hydrogens is 358 g/mol. The van der Waals surface area contributed by atoms with Crippen molar-refractivity contribution in [3.63, 3.8) is 0 Å². The molecule has 0 aromatic carbocycles. The number of rotatable bonds is 4. The molecule has 23 heavy (non-hydrogen) atoms. The third-order valence-corrected chi connectivity index (χ3v) is 5.02. The SMILES string of the molecule is C[C@@H](CC#N)Nc1ncc2c(Br)cc(C3CCC(O)CC3)n2n1. The zero-order valence-electron chi connectivity index (χ0n) is 13.0. The average Bonchev–Trinajstić information content (AvgIpc) is 2.85. The van der Waals surface area contributed by atoms with Crippen LogP contribution in [-0.2, 0) is 0 Å². The Hall–Kier alpha value is -1.65. The van der Waals surface area contributed by atoms with Crippen molar-refractivity contribution in [1.29, 1.82) is 5.26 Å². The van der Waals surface area contributed by atoms with Gasteiger partial charge in [0.1, 0.15) is 0 Å². The molecule has 3 rings (SSSR count). The molecule has 0 aliphatic heterocycles. The lowest BCUT2D eigenvalue weighted by atomic mass is 9.85. The van der Waals surface area contributed by atoms with Gasteiger partial charge in [-0.2, -0.15) is 5.26 Å². The van der Waals surface area contributed by atoms with Crippen LogP contribution in [0.4, 0.5) is 5.95 Å². The summed E-state index contributed by atoms with van der Waals surface area (Å²) in [6.07, 6.45) is 5.65. The van der Waals surface area contributed by atoms with Crippen LogP contribution < -0.4 is 5.32 Å². The summed E-state index contributed by atoms with van der Waals surface area (Å²) in [5, 5.41) is 26.2. The van der Waals surface area contributed by atoms with E-state index in [1.807, 2.05) is 11.4 Å². The van der Waals surface area contributed by atoms with Gasteiger partial charge in [0.2, 0.25) is 5.95 Å². The average molecular weight is 378 g/mol. The molecule has 0 bridgehead atoms. The molecule has 1 atom stereocenters. The van der Waals surface area contributed by atoms with Crippen LogP contribution >= 0.6 is 15.9 Å². The minimum absolute atomic E-state index is 0.00438.